The second-order valence-corrected chi connectivity index (χ2v) is 7.20. The van der Waals surface area contributed by atoms with Crippen LogP contribution >= 0.6 is 0 Å². The van der Waals surface area contributed by atoms with Gasteiger partial charge in [0.15, 0.2) is 0 Å². The number of ether oxygens (including phenoxy) is 3. The van der Waals surface area contributed by atoms with Crippen LogP contribution in [0.5, 0.6) is 17.2 Å². The molecule has 29 heavy (non-hydrogen) atoms. The van der Waals surface area contributed by atoms with E-state index in [-0.39, 0.29) is 12.3 Å². The van der Waals surface area contributed by atoms with Gasteiger partial charge in [-0.2, -0.15) is 0 Å². The van der Waals surface area contributed by atoms with Gasteiger partial charge in [-0.05, 0) is 42.5 Å². The molecule has 0 saturated heterocycles. The summed E-state index contributed by atoms with van der Waals surface area (Å²) in [6.45, 7) is 0.292. The number of rotatable bonds is 7. The van der Waals surface area contributed by atoms with E-state index >= 15 is 0 Å². The highest BCUT2D eigenvalue weighted by Crippen LogP contribution is 2.34. The van der Waals surface area contributed by atoms with Gasteiger partial charge in [0.1, 0.15) is 22.8 Å². The SMILES string of the molecule is COc1cc(OC)c(CNC(=O)Cc2coc3cc4c(cc23)CCC4)c(OC)c1. The van der Waals surface area contributed by atoms with Crippen LogP contribution in [0.2, 0.25) is 0 Å². The Morgan fingerprint density at radius 2 is 1.69 bits per heavy atom. The van der Waals surface area contributed by atoms with Crippen molar-refractivity contribution in [3.8, 4) is 17.2 Å². The summed E-state index contributed by atoms with van der Waals surface area (Å²) in [5.74, 6) is 1.75. The molecule has 0 unspecified atom stereocenters. The van der Waals surface area contributed by atoms with E-state index in [0.717, 1.165) is 34.9 Å². The van der Waals surface area contributed by atoms with Crippen LogP contribution in [0.15, 0.2) is 34.9 Å². The van der Waals surface area contributed by atoms with Crippen molar-refractivity contribution in [1.29, 1.82) is 0 Å². The number of carbonyl (C=O) groups is 1. The summed E-state index contributed by atoms with van der Waals surface area (Å²) >= 11 is 0. The van der Waals surface area contributed by atoms with Crippen molar-refractivity contribution >= 4 is 16.9 Å². The van der Waals surface area contributed by atoms with Gasteiger partial charge < -0.3 is 23.9 Å². The molecule has 0 atom stereocenters. The molecule has 0 spiro atoms. The van der Waals surface area contributed by atoms with Gasteiger partial charge in [0, 0.05) is 23.1 Å². The first-order valence-electron chi connectivity index (χ1n) is 9.70. The zero-order valence-corrected chi connectivity index (χ0v) is 17.0. The molecule has 1 aliphatic carbocycles. The van der Waals surface area contributed by atoms with E-state index in [9.17, 15) is 4.79 Å². The van der Waals surface area contributed by atoms with Gasteiger partial charge in [0.25, 0.3) is 0 Å². The maximum absolute atomic E-state index is 12.6. The Morgan fingerprint density at radius 1 is 1.00 bits per heavy atom. The molecule has 1 heterocycles. The molecular formula is C23H25NO5. The standard InChI is InChI=1S/C23H25NO5/c1-26-17-10-20(27-2)19(21(11-17)28-3)12-24-23(25)9-16-13-29-22-8-15-6-4-5-14(15)7-18(16)22/h7-8,10-11,13H,4-6,9,12H2,1-3H3,(H,24,25). The number of benzene rings is 2. The molecule has 1 N–H and O–H groups in total. The molecule has 0 fully saturated rings. The van der Waals surface area contributed by atoms with Crippen LogP contribution in [0.25, 0.3) is 11.0 Å². The Kier molecular flexibility index (Phi) is 5.34. The Balaban J connectivity index is 1.49. The molecule has 2 aromatic carbocycles. The van der Waals surface area contributed by atoms with Crippen molar-refractivity contribution in [3.63, 3.8) is 0 Å². The molecule has 0 radical (unpaired) electrons. The molecule has 6 nitrogen and oxygen atoms in total. The van der Waals surface area contributed by atoms with Gasteiger partial charge in [0.05, 0.1) is 46.1 Å². The summed E-state index contributed by atoms with van der Waals surface area (Å²) in [6.07, 6.45) is 5.33. The number of hydrogen-bond donors (Lipinski definition) is 1. The average molecular weight is 395 g/mol. The monoisotopic (exact) mass is 395 g/mol. The number of nitrogens with one attached hydrogen (secondary N) is 1. The molecule has 1 aliphatic rings. The predicted octanol–water partition coefficient (Wildman–Crippen LogP) is 3.81. The first-order valence-corrected chi connectivity index (χ1v) is 9.70. The molecule has 1 aromatic heterocycles. The van der Waals surface area contributed by atoms with Crippen molar-refractivity contribution in [2.24, 2.45) is 0 Å². The maximum Gasteiger partial charge on any atom is 0.224 e. The lowest BCUT2D eigenvalue weighted by molar-refractivity contribution is -0.120. The Morgan fingerprint density at radius 3 is 2.34 bits per heavy atom. The number of amides is 1. The average Bonchev–Trinajstić information content (AvgIpc) is 3.36. The van der Waals surface area contributed by atoms with E-state index in [2.05, 4.69) is 17.4 Å². The molecule has 0 aliphatic heterocycles. The summed E-state index contributed by atoms with van der Waals surface area (Å²) in [7, 11) is 4.74. The minimum atomic E-state index is -0.0897. The Bertz CT molecular complexity index is 1030. The zero-order valence-electron chi connectivity index (χ0n) is 17.0. The normalized spacial score (nSPS) is 12.7. The Hall–Kier alpha value is -3.15. The molecule has 6 heteroatoms. The van der Waals surface area contributed by atoms with Crippen LogP contribution in [0.1, 0.15) is 28.7 Å². The second-order valence-electron chi connectivity index (χ2n) is 7.20. The van der Waals surface area contributed by atoms with Crippen molar-refractivity contribution < 1.29 is 23.4 Å². The predicted molar refractivity (Wildman–Crippen MR) is 110 cm³/mol. The fourth-order valence-corrected chi connectivity index (χ4v) is 3.96. The quantitative estimate of drug-likeness (QED) is 0.659. The first kappa shape index (κ1) is 19.2. The van der Waals surface area contributed by atoms with Crippen LogP contribution in [0.4, 0.5) is 0 Å². The van der Waals surface area contributed by atoms with Crippen molar-refractivity contribution in [2.45, 2.75) is 32.2 Å². The summed E-state index contributed by atoms with van der Waals surface area (Å²) < 4.78 is 21.9. The highest BCUT2D eigenvalue weighted by atomic mass is 16.5. The molecular weight excluding hydrogens is 370 g/mol. The van der Waals surface area contributed by atoms with Crippen molar-refractivity contribution in [3.05, 3.63) is 52.8 Å². The van der Waals surface area contributed by atoms with Gasteiger partial charge in [-0.3, -0.25) is 4.79 Å². The number of carbonyl (C=O) groups excluding carboxylic acids is 1. The first-order chi connectivity index (χ1) is 14.1. The minimum Gasteiger partial charge on any atom is -0.496 e. The van der Waals surface area contributed by atoms with E-state index in [4.69, 9.17) is 18.6 Å². The number of furan rings is 1. The lowest BCUT2D eigenvalue weighted by Crippen LogP contribution is -2.25. The van der Waals surface area contributed by atoms with Gasteiger partial charge in [0.2, 0.25) is 5.91 Å². The Labute approximate surface area is 169 Å². The van der Waals surface area contributed by atoms with Crippen molar-refractivity contribution in [1.82, 2.24) is 5.32 Å². The molecule has 152 valence electrons. The van der Waals surface area contributed by atoms with Gasteiger partial charge in [-0.15, -0.1) is 0 Å². The van der Waals surface area contributed by atoms with Crippen LogP contribution < -0.4 is 19.5 Å². The van der Waals surface area contributed by atoms with Gasteiger partial charge in [-0.1, -0.05) is 0 Å². The van der Waals surface area contributed by atoms with E-state index in [1.54, 1.807) is 39.7 Å². The number of hydrogen-bond acceptors (Lipinski definition) is 5. The minimum absolute atomic E-state index is 0.0897. The summed E-state index contributed by atoms with van der Waals surface area (Å²) in [5, 5.41) is 3.99. The lowest BCUT2D eigenvalue weighted by atomic mass is 10.0. The highest BCUT2D eigenvalue weighted by Gasteiger charge is 2.18. The fraction of sp³-hybridized carbons (Fsp3) is 0.348. The van der Waals surface area contributed by atoms with Crippen LogP contribution in [-0.2, 0) is 30.6 Å². The van der Waals surface area contributed by atoms with Crippen LogP contribution in [0.3, 0.4) is 0 Å². The zero-order chi connectivity index (χ0) is 20.4. The summed E-state index contributed by atoms with van der Waals surface area (Å²) in [4.78, 5) is 12.6. The van der Waals surface area contributed by atoms with E-state index in [1.807, 2.05) is 0 Å². The van der Waals surface area contributed by atoms with Crippen LogP contribution in [-0.4, -0.2) is 27.2 Å². The summed E-state index contributed by atoms with van der Waals surface area (Å²) in [5.41, 5.74) is 5.25. The van der Waals surface area contributed by atoms with Crippen LogP contribution in [0, 0.1) is 0 Å². The van der Waals surface area contributed by atoms with Crippen molar-refractivity contribution in [2.75, 3.05) is 21.3 Å². The topological polar surface area (TPSA) is 69.9 Å². The smallest absolute Gasteiger partial charge is 0.224 e. The molecule has 0 bridgehead atoms. The molecule has 1 amide bonds. The van der Waals surface area contributed by atoms with Gasteiger partial charge in [-0.25, -0.2) is 0 Å². The maximum atomic E-state index is 12.6. The number of fused-ring (bicyclic) bond motifs is 2. The fourth-order valence-electron chi connectivity index (χ4n) is 3.96. The number of aryl methyl sites for hydroxylation is 2. The molecule has 4 rings (SSSR count). The lowest BCUT2D eigenvalue weighted by Gasteiger charge is -2.15. The number of methoxy groups -OCH3 is 3. The molecule has 3 aromatic rings. The molecule has 0 saturated carbocycles. The third-order valence-corrected chi connectivity index (χ3v) is 5.50. The van der Waals surface area contributed by atoms with E-state index < -0.39 is 0 Å². The third kappa shape index (κ3) is 3.75. The highest BCUT2D eigenvalue weighted by molar-refractivity contribution is 5.88. The van der Waals surface area contributed by atoms with E-state index in [0.29, 0.717) is 23.8 Å². The summed E-state index contributed by atoms with van der Waals surface area (Å²) in [6, 6.07) is 7.84. The third-order valence-electron chi connectivity index (χ3n) is 5.50. The largest absolute Gasteiger partial charge is 0.496 e. The van der Waals surface area contributed by atoms with E-state index in [1.165, 1.54) is 17.5 Å². The van der Waals surface area contributed by atoms with Gasteiger partial charge >= 0.3 is 0 Å². The second kappa shape index (κ2) is 8.07.